The second kappa shape index (κ2) is 9.16. The van der Waals surface area contributed by atoms with Crippen molar-refractivity contribution in [2.45, 2.75) is 19.9 Å². The Kier molecular flexibility index (Phi) is 6.93. The fourth-order valence-corrected chi connectivity index (χ4v) is 2.32. The van der Waals surface area contributed by atoms with Gasteiger partial charge in [0.15, 0.2) is 11.8 Å². The Morgan fingerprint density at radius 3 is 2.80 bits per heavy atom. The van der Waals surface area contributed by atoms with Crippen LogP contribution < -0.4 is 11.1 Å². The molecular weight excluding hydrogens is 427 g/mol. The smallest absolute Gasteiger partial charge is 0.193 e. The number of hydrogen-bond acceptors (Lipinski definition) is 3. The van der Waals surface area contributed by atoms with Crippen LogP contribution in [0.15, 0.2) is 66.0 Å². The van der Waals surface area contributed by atoms with Gasteiger partial charge in [0.1, 0.15) is 0 Å². The van der Waals surface area contributed by atoms with Crippen LogP contribution in [0.1, 0.15) is 18.1 Å². The van der Waals surface area contributed by atoms with Crippen molar-refractivity contribution < 1.29 is 0 Å². The molecular formula is C18H21IN6. The third-order valence-electron chi connectivity index (χ3n) is 3.59. The van der Waals surface area contributed by atoms with E-state index in [-0.39, 0.29) is 24.0 Å². The fraction of sp³-hybridized carbons (Fsp3) is 0.167. The highest BCUT2D eigenvalue weighted by molar-refractivity contribution is 14.0. The number of aromatic nitrogens is 3. The number of nitrogens with zero attached hydrogens (tertiary/aromatic N) is 4. The lowest BCUT2D eigenvalue weighted by atomic mass is 10.1. The van der Waals surface area contributed by atoms with Crippen molar-refractivity contribution in [2.24, 2.45) is 10.7 Å². The molecule has 0 unspecified atom stereocenters. The molecule has 1 aromatic carbocycles. The highest BCUT2D eigenvalue weighted by Gasteiger charge is 2.01. The van der Waals surface area contributed by atoms with Gasteiger partial charge in [0, 0.05) is 24.3 Å². The van der Waals surface area contributed by atoms with Crippen molar-refractivity contribution in [3.8, 4) is 5.82 Å². The Bertz CT molecular complexity index is 829. The van der Waals surface area contributed by atoms with E-state index in [4.69, 9.17) is 5.73 Å². The first kappa shape index (κ1) is 18.9. The van der Waals surface area contributed by atoms with E-state index in [1.807, 2.05) is 36.5 Å². The molecule has 3 rings (SSSR count). The lowest BCUT2D eigenvalue weighted by molar-refractivity contribution is 0.841. The van der Waals surface area contributed by atoms with E-state index in [0.29, 0.717) is 12.5 Å². The molecule has 130 valence electrons. The third kappa shape index (κ3) is 5.28. The standard InChI is InChI=1S/C18H20N6.HI/c1-2-14-5-3-6-16(11-14)23-18(19)21-13-15-7-9-20-17(12-15)24-10-4-8-22-24;/h3-12H,2,13H2,1H3,(H3,19,21,23);1H. The molecule has 0 saturated carbocycles. The summed E-state index contributed by atoms with van der Waals surface area (Å²) in [5, 5.41) is 7.30. The van der Waals surface area contributed by atoms with E-state index in [2.05, 4.69) is 39.4 Å². The largest absolute Gasteiger partial charge is 0.370 e. The van der Waals surface area contributed by atoms with Crippen LogP contribution in [-0.4, -0.2) is 20.7 Å². The Morgan fingerprint density at radius 2 is 2.04 bits per heavy atom. The van der Waals surface area contributed by atoms with Crippen LogP contribution >= 0.6 is 24.0 Å². The van der Waals surface area contributed by atoms with Crippen LogP contribution in [0.25, 0.3) is 5.82 Å². The van der Waals surface area contributed by atoms with Crippen molar-refractivity contribution in [3.05, 3.63) is 72.2 Å². The first-order chi connectivity index (χ1) is 11.7. The van der Waals surface area contributed by atoms with Crippen molar-refractivity contribution in [1.82, 2.24) is 14.8 Å². The summed E-state index contributed by atoms with van der Waals surface area (Å²) >= 11 is 0. The Morgan fingerprint density at radius 1 is 1.16 bits per heavy atom. The molecule has 2 heterocycles. The summed E-state index contributed by atoms with van der Waals surface area (Å²) in [6.07, 6.45) is 6.31. The zero-order valence-corrected chi connectivity index (χ0v) is 16.3. The van der Waals surface area contributed by atoms with Crippen LogP contribution in [0.3, 0.4) is 0 Å². The summed E-state index contributed by atoms with van der Waals surface area (Å²) in [6.45, 7) is 2.60. The normalized spacial score (nSPS) is 11.0. The molecule has 0 bridgehead atoms. The predicted molar refractivity (Wildman–Crippen MR) is 112 cm³/mol. The van der Waals surface area contributed by atoms with Gasteiger partial charge in [-0.3, -0.25) is 0 Å². The fourth-order valence-electron chi connectivity index (χ4n) is 2.32. The van der Waals surface area contributed by atoms with E-state index in [9.17, 15) is 0 Å². The molecule has 2 aromatic heterocycles. The Labute approximate surface area is 164 Å². The lowest BCUT2D eigenvalue weighted by Crippen LogP contribution is -2.22. The highest BCUT2D eigenvalue weighted by atomic mass is 127. The van der Waals surface area contributed by atoms with Crippen LogP contribution in [0.2, 0.25) is 0 Å². The Balaban J connectivity index is 0.00000225. The van der Waals surface area contributed by atoms with Gasteiger partial charge in [0.25, 0.3) is 0 Å². The maximum absolute atomic E-state index is 5.98. The van der Waals surface area contributed by atoms with Crippen molar-refractivity contribution >= 4 is 35.6 Å². The number of nitrogens with two attached hydrogens (primary N) is 1. The summed E-state index contributed by atoms with van der Waals surface area (Å²) < 4.78 is 1.71. The molecule has 0 aliphatic rings. The molecule has 0 atom stereocenters. The lowest BCUT2D eigenvalue weighted by Gasteiger charge is -2.07. The molecule has 0 amide bonds. The number of pyridine rings is 1. The monoisotopic (exact) mass is 448 g/mol. The zero-order valence-electron chi connectivity index (χ0n) is 14.0. The molecule has 0 aliphatic carbocycles. The van der Waals surface area contributed by atoms with Crippen LogP contribution in [0.5, 0.6) is 0 Å². The number of guanidine groups is 1. The number of hydrogen-bond donors (Lipinski definition) is 2. The quantitative estimate of drug-likeness (QED) is 0.356. The molecule has 25 heavy (non-hydrogen) atoms. The van der Waals surface area contributed by atoms with Crippen molar-refractivity contribution in [1.29, 1.82) is 0 Å². The average Bonchev–Trinajstić information content (AvgIpc) is 3.15. The van der Waals surface area contributed by atoms with Crippen molar-refractivity contribution in [2.75, 3.05) is 5.32 Å². The van der Waals surface area contributed by atoms with Gasteiger partial charge >= 0.3 is 0 Å². The Hall–Kier alpha value is -2.42. The minimum atomic E-state index is 0. The highest BCUT2D eigenvalue weighted by Crippen LogP contribution is 2.11. The number of benzene rings is 1. The number of anilines is 1. The molecule has 0 aliphatic heterocycles. The van der Waals surface area contributed by atoms with Gasteiger partial charge in [-0.1, -0.05) is 19.1 Å². The van der Waals surface area contributed by atoms with Crippen LogP contribution in [0, 0.1) is 0 Å². The number of nitrogens with one attached hydrogen (secondary N) is 1. The number of halogens is 1. The SMILES string of the molecule is CCc1cccc(NC(N)=NCc2ccnc(-n3cccn3)c2)c1.I. The van der Waals surface area contributed by atoms with Crippen molar-refractivity contribution in [3.63, 3.8) is 0 Å². The van der Waals surface area contributed by atoms with Gasteiger partial charge in [0.2, 0.25) is 0 Å². The van der Waals surface area contributed by atoms with Crippen LogP contribution in [-0.2, 0) is 13.0 Å². The van der Waals surface area contributed by atoms with Gasteiger partial charge in [-0.15, -0.1) is 24.0 Å². The van der Waals surface area contributed by atoms with Crippen LogP contribution in [0.4, 0.5) is 5.69 Å². The van der Waals surface area contributed by atoms with Gasteiger partial charge in [-0.05, 0) is 47.9 Å². The molecule has 3 aromatic rings. The zero-order chi connectivity index (χ0) is 16.8. The summed E-state index contributed by atoms with van der Waals surface area (Å²) in [5.41, 5.74) is 9.20. The molecule has 0 radical (unpaired) electrons. The minimum absolute atomic E-state index is 0. The molecule has 3 N–H and O–H groups in total. The number of aryl methyl sites for hydroxylation is 1. The summed E-state index contributed by atoms with van der Waals surface area (Å²) in [5.74, 6) is 1.15. The topological polar surface area (TPSA) is 81.1 Å². The predicted octanol–water partition coefficient (Wildman–Crippen LogP) is 3.37. The molecule has 7 heteroatoms. The minimum Gasteiger partial charge on any atom is -0.370 e. The summed E-state index contributed by atoms with van der Waals surface area (Å²) in [4.78, 5) is 8.69. The first-order valence-electron chi connectivity index (χ1n) is 7.85. The van der Waals surface area contributed by atoms with E-state index < -0.39 is 0 Å². The van der Waals surface area contributed by atoms with E-state index in [1.54, 1.807) is 17.1 Å². The first-order valence-corrected chi connectivity index (χ1v) is 7.85. The summed E-state index contributed by atoms with van der Waals surface area (Å²) in [6, 6.07) is 13.9. The molecule has 6 nitrogen and oxygen atoms in total. The second-order valence-corrected chi connectivity index (χ2v) is 5.35. The molecule has 0 fully saturated rings. The third-order valence-corrected chi connectivity index (χ3v) is 3.59. The van der Waals surface area contributed by atoms with E-state index in [0.717, 1.165) is 23.5 Å². The second-order valence-electron chi connectivity index (χ2n) is 5.35. The van der Waals surface area contributed by atoms with Gasteiger partial charge in [0.05, 0.1) is 6.54 Å². The number of rotatable bonds is 5. The molecule has 0 spiro atoms. The van der Waals surface area contributed by atoms with Gasteiger partial charge < -0.3 is 11.1 Å². The van der Waals surface area contributed by atoms with Gasteiger partial charge in [-0.2, -0.15) is 5.10 Å². The van der Waals surface area contributed by atoms with E-state index >= 15 is 0 Å². The summed E-state index contributed by atoms with van der Waals surface area (Å²) in [7, 11) is 0. The van der Waals surface area contributed by atoms with E-state index in [1.165, 1.54) is 5.56 Å². The molecule has 0 saturated heterocycles. The van der Waals surface area contributed by atoms with Gasteiger partial charge in [-0.25, -0.2) is 14.7 Å². The maximum atomic E-state index is 5.98. The number of aliphatic imine (C=N–C) groups is 1. The average molecular weight is 448 g/mol. The maximum Gasteiger partial charge on any atom is 0.193 e.